The monoisotopic (exact) mass is 371 g/mol. The second kappa shape index (κ2) is 8.00. The number of rotatable bonds is 3. The van der Waals surface area contributed by atoms with Crippen molar-refractivity contribution in [1.82, 2.24) is 0 Å². The molecule has 22 heavy (non-hydrogen) atoms. The Morgan fingerprint density at radius 1 is 1.05 bits per heavy atom. The molecule has 0 amide bonds. The fraction of sp³-hybridized carbons (Fsp3) is 0.188. The molecule has 3 nitrogen and oxygen atoms in total. The number of benzene rings is 2. The van der Waals surface area contributed by atoms with Crippen LogP contribution in [0.2, 0.25) is 0 Å². The molecule has 0 aliphatic rings. The average molecular weight is 372 g/mol. The Balaban J connectivity index is 0.000000745. The summed E-state index contributed by atoms with van der Waals surface area (Å²) < 4.78 is 25.7. The fourth-order valence-corrected chi connectivity index (χ4v) is 1.78. The lowest BCUT2D eigenvalue weighted by Crippen LogP contribution is -2.46. The van der Waals surface area contributed by atoms with Gasteiger partial charge in [0.1, 0.15) is 11.6 Å². The lowest BCUT2D eigenvalue weighted by molar-refractivity contribution is -0.322. The predicted molar refractivity (Wildman–Crippen MR) is 80.3 cm³/mol. The predicted octanol–water partition coefficient (Wildman–Crippen LogP) is 2.35. The van der Waals surface area contributed by atoms with Gasteiger partial charge in [-0.1, -0.05) is 47.1 Å². The smallest absolute Gasteiger partial charge is 0.154 e. The van der Waals surface area contributed by atoms with Gasteiger partial charge in [-0.15, -0.1) is 0 Å². The first-order chi connectivity index (χ1) is 10.4. The van der Waals surface area contributed by atoms with E-state index in [0.717, 1.165) is 53.9 Å². The number of aliphatic carboxylic acids is 1. The molecule has 0 atom stereocenters. The fourth-order valence-electron chi connectivity index (χ4n) is 1.78. The molecule has 0 radical (unpaired) electrons. The molecule has 0 aromatic heterocycles. The third-order valence-electron chi connectivity index (χ3n) is 2.82. The van der Waals surface area contributed by atoms with Crippen molar-refractivity contribution in [1.29, 1.82) is 0 Å². The summed E-state index contributed by atoms with van der Waals surface area (Å²) in [6.07, 6.45) is 0. The molecule has 0 aliphatic heterocycles. The lowest BCUT2D eigenvalue weighted by atomic mass is 9.86. The Bertz CT molecular complexity index is 567. The molecule has 0 unspecified atom stereocenters. The van der Waals surface area contributed by atoms with Crippen molar-refractivity contribution in [2.45, 2.75) is 12.5 Å². The number of carboxylic acids is 1. The Morgan fingerprint density at radius 2 is 1.32 bits per heavy atom. The standard InChI is InChI=1S/C14H10F2O3.C2H5Br/c15-11-5-1-9(2-6-11)14(19,13(17)18)10-3-7-12(16)8-4-10;1-2-3/h1-8,19H,(H,17,18);2H2,1H3/p-1. The number of hydrogen-bond donors (Lipinski definition) is 1. The third-order valence-corrected chi connectivity index (χ3v) is 2.82. The van der Waals surface area contributed by atoms with Gasteiger partial charge in [0, 0.05) is 5.33 Å². The molecule has 2 rings (SSSR count). The quantitative estimate of drug-likeness (QED) is 0.842. The average Bonchev–Trinajstić information content (AvgIpc) is 2.48. The van der Waals surface area contributed by atoms with E-state index in [2.05, 4.69) is 15.9 Å². The van der Waals surface area contributed by atoms with Crippen LogP contribution in [0.15, 0.2) is 48.5 Å². The van der Waals surface area contributed by atoms with Gasteiger partial charge in [0.05, 0.1) is 5.97 Å². The largest absolute Gasteiger partial charge is 0.546 e. The minimum absolute atomic E-state index is 0.0690. The summed E-state index contributed by atoms with van der Waals surface area (Å²) in [5.74, 6) is -2.90. The molecule has 0 aliphatic carbocycles. The molecule has 0 fully saturated rings. The maximum Gasteiger partial charge on any atom is 0.154 e. The number of carbonyl (C=O) groups excluding carboxylic acids is 1. The molecule has 2 aromatic rings. The van der Waals surface area contributed by atoms with Gasteiger partial charge in [0.25, 0.3) is 0 Å². The zero-order chi connectivity index (χ0) is 16.8. The van der Waals surface area contributed by atoms with E-state index >= 15 is 0 Å². The van der Waals surface area contributed by atoms with E-state index in [1.54, 1.807) is 0 Å². The number of aliphatic hydroxyl groups is 1. The molecule has 0 saturated heterocycles. The van der Waals surface area contributed by atoms with Crippen LogP contribution >= 0.6 is 15.9 Å². The Morgan fingerprint density at radius 3 is 1.55 bits per heavy atom. The first-order valence-corrected chi connectivity index (χ1v) is 7.50. The van der Waals surface area contributed by atoms with Crippen LogP contribution in [0.25, 0.3) is 0 Å². The highest BCUT2D eigenvalue weighted by atomic mass is 79.9. The van der Waals surface area contributed by atoms with Gasteiger partial charge < -0.3 is 15.0 Å². The summed E-state index contributed by atoms with van der Waals surface area (Å²) in [6, 6.07) is 8.62. The summed E-state index contributed by atoms with van der Waals surface area (Å²) >= 11 is 3.15. The molecular weight excluding hydrogens is 358 g/mol. The second-order valence-electron chi connectivity index (χ2n) is 4.28. The summed E-state index contributed by atoms with van der Waals surface area (Å²) in [7, 11) is 0. The summed E-state index contributed by atoms with van der Waals surface area (Å²) in [6.45, 7) is 2.04. The second-order valence-corrected chi connectivity index (χ2v) is 5.40. The van der Waals surface area contributed by atoms with E-state index in [4.69, 9.17) is 0 Å². The van der Waals surface area contributed by atoms with Gasteiger partial charge in [0.15, 0.2) is 5.60 Å². The number of alkyl halides is 1. The lowest BCUT2D eigenvalue weighted by Gasteiger charge is -2.30. The van der Waals surface area contributed by atoms with Gasteiger partial charge >= 0.3 is 0 Å². The minimum Gasteiger partial charge on any atom is -0.546 e. The first-order valence-electron chi connectivity index (χ1n) is 6.38. The summed E-state index contributed by atoms with van der Waals surface area (Å²) in [4.78, 5) is 11.2. The van der Waals surface area contributed by atoms with Crippen LogP contribution in [0, 0.1) is 11.6 Å². The van der Waals surface area contributed by atoms with Gasteiger partial charge in [0.2, 0.25) is 0 Å². The highest BCUT2D eigenvalue weighted by Gasteiger charge is 2.33. The Hall–Kier alpha value is -1.79. The normalized spacial score (nSPS) is 10.6. The van der Waals surface area contributed by atoms with Crippen molar-refractivity contribution >= 4 is 21.9 Å². The van der Waals surface area contributed by atoms with E-state index in [1.807, 2.05) is 6.92 Å². The highest BCUT2D eigenvalue weighted by molar-refractivity contribution is 9.09. The number of hydrogen-bond acceptors (Lipinski definition) is 3. The molecule has 118 valence electrons. The van der Waals surface area contributed by atoms with Gasteiger partial charge in [-0.3, -0.25) is 0 Å². The van der Waals surface area contributed by atoms with Gasteiger partial charge in [-0.05, 0) is 35.4 Å². The first kappa shape index (κ1) is 18.3. The molecule has 0 saturated carbocycles. The molecular formula is C16H14BrF2O3-. The van der Waals surface area contributed by atoms with Crippen LogP contribution in [-0.2, 0) is 10.4 Å². The third kappa shape index (κ3) is 4.11. The van der Waals surface area contributed by atoms with E-state index in [0.29, 0.717) is 0 Å². The van der Waals surface area contributed by atoms with E-state index < -0.39 is 23.2 Å². The summed E-state index contributed by atoms with van der Waals surface area (Å²) in [5, 5.41) is 22.6. The molecule has 6 heteroatoms. The Labute approximate surface area is 135 Å². The van der Waals surface area contributed by atoms with Crippen molar-refractivity contribution in [3.63, 3.8) is 0 Å². The number of carboxylic acid groups (broad SMARTS) is 1. The van der Waals surface area contributed by atoms with Crippen LogP contribution in [-0.4, -0.2) is 16.4 Å². The molecule has 0 heterocycles. The van der Waals surface area contributed by atoms with Gasteiger partial charge in [-0.2, -0.15) is 0 Å². The van der Waals surface area contributed by atoms with Crippen molar-refractivity contribution in [3.05, 3.63) is 71.3 Å². The Kier molecular flexibility index (Phi) is 6.64. The van der Waals surface area contributed by atoms with E-state index in [9.17, 15) is 23.8 Å². The van der Waals surface area contributed by atoms with Crippen molar-refractivity contribution < 1.29 is 23.8 Å². The number of carbonyl (C=O) groups is 1. The zero-order valence-corrected chi connectivity index (χ0v) is 13.3. The van der Waals surface area contributed by atoms with Crippen LogP contribution in [0.5, 0.6) is 0 Å². The van der Waals surface area contributed by atoms with Crippen LogP contribution in [0.3, 0.4) is 0 Å². The van der Waals surface area contributed by atoms with Gasteiger partial charge in [-0.25, -0.2) is 8.78 Å². The summed E-state index contributed by atoms with van der Waals surface area (Å²) in [5.41, 5.74) is -2.59. The maximum absolute atomic E-state index is 12.8. The van der Waals surface area contributed by atoms with Crippen LogP contribution in [0.4, 0.5) is 8.78 Å². The van der Waals surface area contributed by atoms with Crippen molar-refractivity contribution in [3.8, 4) is 0 Å². The van der Waals surface area contributed by atoms with Crippen LogP contribution in [0.1, 0.15) is 18.1 Å². The SMILES string of the molecule is CCBr.O=C([O-])C(O)(c1ccc(F)cc1)c1ccc(F)cc1. The van der Waals surface area contributed by atoms with Crippen molar-refractivity contribution in [2.75, 3.05) is 5.33 Å². The van der Waals surface area contributed by atoms with E-state index in [1.165, 1.54) is 0 Å². The van der Waals surface area contributed by atoms with Crippen molar-refractivity contribution in [2.24, 2.45) is 0 Å². The highest BCUT2D eigenvalue weighted by Crippen LogP contribution is 2.29. The molecule has 1 N–H and O–H groups in total. The van der Waals surface area contributed by atoms with Crippen LogP contribution < -0.4 is 5.11 Å². The molecule has 0 bridgehead atoms. The zero-order valence-electron chi connectivity index (χ0n) is 11.7. The molecule has 0 spiro atoms. The maximum atomic E-state index is 12.8. The minimum atomic E-state index is -2.46. The molecule has 2 aromatic carbocycles. The number of halogens is 3. The van der Waals surface area contributed by atoms with E-state index in [-0.39, 0.29) is 11.1 Å². The topological polar surface area (TPSA) is 60.4 Å².